The van der Waals surface area contributed by atoms with Crippen LogP contribution in [-0.2, 0) is 0 Å². The van der Waals surface area contributed by atoms with Gasteiger partial charge in [-0.2, -0.15) is 0 Å². The second-order valence-corrected chi connectivity index (χ2v) is 6.81. The van der Waals surface area contributed by atoms with E-state index >= 15 is 0 Å². The summed E-state index contributed by atoms with van der Waals surface area (Å²) >= 11 is 0. The number of aromatic nitrogens is 1. The summed E-state index contributed by atoms with van der Waals surface area (Å²) in [4.78, 5) is 21.4. The highest BCUT2D eigenvalue weighted by Gasteiger charge is 2.22. The Morgan fingerprint density at radius 2 is 1.73 bits per heavy atom. The standard InChI is InChI=1S/C18H27N3O/c1-15-6-10-21(11-7-15)18(22)16-12-17(14-19-13-16)20-8-4-2-3-5-9-20/h12-15H,2-11H2,1H3. The molecule has 3 rings (SSSR count). The average molecular weight is 301 g/mol. The lowest BCUT2D eigenvalue weighted by Crippen LogP contribution is -2.38. The summed E-state index contributed by atoms with van der Waals surface area (Å²) in [6.07, 6.45) is 11.0. The number of likely N-dealkylation sites (tertiary alicyclic amines) is 1. The van der Waals surface area contributed by atoms with Crippen LogP contribution >= 0.6 is 0 Å². The lowest BCUT2D eigenvalue weighted by atomic mass is 9.99. The van der Waals surface area contributed by atoms with Crippen LogP contribution < -0.4 is 4.90 Å². The normalized spacial score (nSPS) is 20.8. The Balaban J connectivity index is 1.71. The Labute approximate surface area is 133 Å². The Hall–Kier alpha value is -1.58. The summed E-state index contributed by atoms with van der Waals surface area (Å²) < 4.78 is 0. The predicted molar refractivity (Wildman–Crippen MR) is 89.2 cm³/mol. The van der Waals surface area contributed by atoms with Gasteiger partial charge in [-0.15, -0.1) is 0 Å². The van der Waals surface area contributed by atoms with E-state index < -0.39 is 0 Å². The number of hydrogen-bond donors (Lipinski definition) is 0. The van der Waals surface area contributed by atoms with Gasteiger partial charge in [0.15, 0.2) is 0 Å². The topological polar surface area (TPSA) is 36.4 Å². The lowest BCUT2D eigenvalue weighted by Gasteiger charge is -2.30. The van der Waals surface area contributed by atoms with Crippen molar-refractivity contribution in [3.8, 4) is 0 Å². The summed E-state index contributed by atoms with van der Waals surface area (Å²) in [6, 6.07) is 2.04. The molecule has 1 aromatic heterocycles. The molecule has 2 saturated heterocycles. The maximum absolute atomic E-state index is 12.7. The molecule has 4 heteroatoms. The number of piperidine rings is 1. The third-order valence-corrected chi connectivity index (χ3v) is 5.01. The summed E-state index contributed by atoms with van der Waals surface area (Å²) in [5, 5.41) is 0. The Bertz CT molecular complexity index is 501. The minimum Gasteiger partial charge on any atom is -0.370 e. The Kier molecular flexibility index (Phi) is 4.96. The zero-order valence-electron chi connectivity index (χ0n) is 13.6. The monoisotopic (exact) mass is 301 g/mol. The zero-order valence-corrected chi connectivity index (χ0v) is 13.6. The Morgan fingerprint density at radius 3 is 2.41 bits per heavy atom. The molecule has 0 radical (unpaired) electrons. The van der Waals surface area contributed by atoms with E-state index in [-0.39, 0.29) is 5.91 Å². The molecular formula is C18H27N3O. The number of hydrogen-bond acceptors (Lipinski definition) is 3. The second kappa shape index (κ2) is 7.12. The zero-order chi connectivity index (χ0) is 15.4. The lowest BCUT2D eigenvalue weighted by molar-refractivity contribution is 0.0697. The van der Waals surface area contributed by atoms with Crippen molar-refractivity contribution in [3.05, 3.63) is 24.0 Å². The number of rotatable bonds is 2. The molecule has 2 aliphatic heterocycles. The SMILES string of the molecule is CC1CCN(C(=O)c2cncc(N3CCCCCC3)c2)CC1. The van der Waals surface area contributed by atoms with E-state index in [0.29, 0.717) is 0 Å². The van der Waals surface area contributed by atoms with E-state index in [4.69, 9.17) is 0 Å². The molecule has 0 aliphatic carbocycles. The molecule has 120 valence electrons. The van der Waals surface area contributed by atoms with Gasteiger partial charge in [-0.05, 0) is 37.7 Å². The third-order valence-electron chi connectivity index (χ3n) is 5.01. The highest BCUT2D eigenvalue weighted by Crippen LogP contribution is 2.22. The van der Waals surface area contributed by atoms with Crippen LogP contribution in [0, 0.1) is 5.92 Å². The minimum absolute atomic E-state index is 0.149. The number of amides is 1. The summed E-state index contributed by atoms with van der Waals surface area (Å²) in [5.41, 5.74) is 1.86. The van der Waals surface area contributed by atoms with Gasteiger partial charge in [0, 0.05) is 32.4 Å². The van der Waals surface area contributed by atoms with Gasteiger partial charge in [0.1, 0.15) is 0 Å². The van der Waals surface area contributed by atoms with Crippen LogP contribution in [-0.4, -0.2) is 42.0 Å². The van der Waals surface area contributed by atoms with Crippen LogP contribution in [0.5, 0.6) is 0 Å². The summed E-state index contributed by atoms with van der Waals surface area (Å²) in [6.45, 7) is 6.20. The first kappa shape index (κ1) is 15.3. The van der Waals surface area contributed by atoms with Gasteiger partial charge in [0.05, 0.1) is 17.4 Å². The number of anilines is 1. The van der Waals surface area contributed by atoms with Crippen molar-refractivity contribution in [1.29, 1.82) is 0 Å². The smallest absolute Gasteiger partial charge is 0.255 e. The Morgan fingerprint density at radius 1 is 1.05 bits per heavy atom. The molecule has 0 spiro atoms. The minimum atomic E-state index is 0.149. The molecule has 1 aromatic rings. The highest BCUT2D eigenvalue weighted by molar-refractivity contribution is 5.94. The van der Waals surface area contributed by atoms with Crippen LogP contribution in [0.1, 0.15) is 55.8 Å². The number of pyridine rings is 1. The van der Waals surface area contributed by atoms with E-state index in [1.165, 1.54) is 25.7 Å². The first-order valence-corrected chi connectivity index (χ1v) is 8.73. The fraction of sp³-hybridized carbons (Fsp3) is 0.667. The molecule has 4 nitrogen and oxygen atoms in total. The molecule has 0 bridgehead atoms. The van der Waals surface area contributed by atoms with E-state index in [9.17, 15) is 4.79 Å². The molecule has 1 amide bonds. The summed E-state index contributed by atoms with van der Waals surface area (Å²) in [5.74, 6) is 0.890. The highest BCUT2D eigenvalue weighted by atomic mass is 16.2. The molecule has 2 fully saturated rings. The number of carbonyl (C=O) groups excluding carboxylic acids is 1. The van der Waals surface area contributed by atoms with Gasteiger partial charge in [0.2, 0.25) is 0 Å². The van der Waals surface area contributed by atoms with Crippen molar-refractivity contribution in [3.63, 3.8) is 0 Å². The summed E-state index contributed by atoms with van der Waals surface area (Å²) in [7, 11) is 0. The van der Waals surface area contributed by atoms with Gasteiger partial charge in [-0.3, -0.25) is 9.78 Å². The molecule has 3 heterocycles. The van der Waals surface area contributed by atoms with Crippen LogP contribution in [0.4, 0.5) is 5.69 Å². The quantitative estimate of drug-likeness (QED) is 0.840. The molecule has 0 unspecified atom stereocenters. The second-order valence-electron chi connectivity index (χ2n) is 6.81. The van der Waals surface area contributed by atoms with Crippen molar-refractivity contribution in [2.45, 2.75) is 45.4 Å². The van der Waals surface area contributed by atoms with E-state index in [0.717, 1.165) is 56.2 Å². The maximum Gasteiger partial charge on any atom is 0.255 e. The van der Waals surface area contributed by atoms with Gasteiger partial charge >= 0.3 is 0 Å². The molecule has 2 aliphatic rings. The van der Waals surface area contributed by atoms with E-state index in [1.54, 1.807) is 6.20 Å². The van der Waals surface area contributed by atoms with Gasteiger partial charge in [-0.1, -0.05) is 19.8 Å². The van der Waals surface area contributed by atoms with Crippen molar-refractivity contribution in [2.24, 2.45) is 5.92 Å². The number of nitrogens with zero attached hydrogens (tertiary/aromatic N) is 3. The first-order valence-electron chi connectivity index (χ1n) is 8.73. The van der Waals surface area contributed by atoms with Crippen molar-refractivity contribution >= 4 is 11.6 Å². The van der Waals surface area contributed by atoms with Crippen LogP contribution in [0.15, 0.2) is 18.5 Å². The van der Waals surface area contributed by atoms with Crippen LogP contribution in [0.25, 0.3) is 0 Å². The third kappa shape index (κ3) is 3.60. The molecule has 0 saturated carbocycles. The van der Waals surface area contributed by atoms with E-state index in [2.05, 4.69) is 16.8 Å². The van der Waals surface area contributed by atoms with Crippen LogP contribution in [0.2, 0.25) is 0 Å². The largest absolute Gasteiger partial charge is 0.370 e. The van der Waals surface area contributed by atoms with Crippen molar-refractivity contribution < 1.29 is 4.79 Å². The number of carbonyl (C=O) groups is 1. The molecule has 0 atom stereocenters. The predicted octanol–water partition coefficient (Wildman–Crippen LogP) is 3.33. The first-order chi connectivity index (χ1) is 10.7. The van der Waals surface area contributed by atoms with Gasteiger partial charge in [-0.25, -0.2) is 0 Å². The molecule has 22 heavy (non-hydrogen) atoms. The molecule has 0 aromatic carbocycles. The van der Waals surface area contributed by atoms with Crippen molar-refractivity contribution in [1.82, 2.24) is 9.88 Å². The molecular weight excluding hydrogens is 274 g/mol. The fourth-order valence-electron chi connectivity index (χ4n) is 3.44. The fourth-order valence-corrected chi connectivity index (χ4v) is 3.44. The van der Waals surface area contributed by atoms with Crippen LogP contribution in [0.3, 0.4) is 0 Å². The molecule has 0 N–H and O–H groups in total. The maximum atomic E-state index is 12.7. The van der Waals surface area contributed by atoms with Gasteiger partial charge < -0.3 is 9.80 Å². The van der Waals surface area contributed by atoms with Gasteiger partial charge in [0.25, 0.3) is 5.91 Å². The average Bonchev–Trinajstić information content (AvgIpc) is 2.84. The van der Waals surface area contributed by atoms with E-state index in [1.807, 2.05) is 17.2 Å². The van der Waals surface area contributed by atoms with Crippen molar-refractivity contribution in [2.75, 3.05) is 31.1 Å².